The molecule has 0 spiro atoms. The molecule has 1 N–H and O–H groups in total. The Kier molecular flexibility index (Phi) is 5.57. The van der Waals surface area contributed by atoms with Gasteiger partial charge in [-0.15, -0.1) is 0 Å². The van der Waals surface area contributed by atoms with E-state index in [1.54, 1.807) is 6.07 Å². The van der Waals surface area contributed by atoms with Gasteiger partial charge in [0.2, 0.25) is 0 Å². The average molecular weight is 392 g/mol. The molecule has 2 atom stereocenters. The average Bonchev–Trinajstić information content (AvgIpc) is 2.72. The highest BCUT2D eigenvalue weighted by Gasteiger charge is 2.36. The van der Waals surface area contributed by atoms with E-state index in [-0.39, 0.29) is 18.8 Å². The lowest BCUT2D eigenvalue weighted by molar-refractivity contribution is -0.137. The number of ether oxygens (including phenoxy) is 2. The number of hydrogen-bond donors (Lipinski definition) is 1. The molecule has 2 aromatic rings. The van der Waals surface area contributed by atoms with Gasteiger partial charge in [-0.25, -0.2) is 0 Å². The molecule has 150 valence electrons. The third-order valence-electron chi connectivity index (χ3n) is 5.26. The number of fused-ring (bicyclic) bond motifs is 1. The number of hydrogen-bond acceptors (Lipinski definition) is 4. The minimum Gasteiger partial charge on any atom is -0.490 e. The van der Waals surface area contributed by atoms with Gasteiger partial charge in [0.25, 0.3) is 0 Å². The fourth-order valence-electron chi connectivity index (χ4n) is 3.89. The van der Waals surface area contributed by atoms with Gasteiger partial charge in [-0.05, 0) is 23.8 Å². The van der Waals surface area contributed by atoms with E-state index >= 15 is 0 Å². The maximum Gasteiger partial charge on any atom is 0.416 e. The predicted octanol–water partition coefficient (Wildman–Crippen LogP) is 3.63. The second-order valence-electron chi connectivity index (χ2n) is 7.13. The van der Waals surface area contributed by atoms with Gasteiger partial charge in [-0.2, -0.15) is 13.2 Å². The second-order valence-corrected chi connectivity index (χ2v) is 7.13. The number of nitrogens with zero attached hydrogens (tertiary/aromatic N) is 1. The SMILES string of the molecule is FC(F)(F)c1cccc(COC2COc3ccccc3C2N2CCNCC2)c1. The molecule has 1 fully saturated rings. The van der Waals surface area contributed by atoms with Crippen LogP contribution in [0.2, 0.25) is 0 Å². The first-order valence-corrected chi connectivity index (χ1v) is 9.46. The summed E-state index contributed by atoms with van der Waals surface area (Å²) in [5.74, 6) is 0.852. The van der Waals surface area contributed by atoms with Crippen LogP contribution in [0, 0.1) is 0 Å². The van der Waals surface area contributed by atoms with Gasteiger partial charge in [-0.3, -0.25) is 4.90 Å². The van der Waals surface area contributed by atoms with E-state index in [1.165, 1.54) is 6.07 Å². The Labute approximate surface area is 162 Å². The van der Waals surface area contributed by atoms with Crippen molar-refractivity contribution < 1.29 is 22.6 Å². The van der Waals surface area contributed by atoms with Crippen LogP contribution in [0.1, 0.15) is 22.7 Å². The highest BCUT2D eigenvalue weighted by molar-refractivity contribution is 5.38. The summed E-state index contributed by atoms with van der Waals surface area (Å²) in [7, 11) is 0. The molecule has 0 amide bonds. The number of nitrogens with one attached hydrogen (secondary N) is 1. The zero-order chi connectivity index (χ0) is 19.6. The molecule has 2 aromatic carbocycles. The smallest absolute Gasteiger partial charge is 0.416 e. The summed E-state index contributed by atoms with van der Waals surface area (Å²) in [4.78, 5) is 2.37. The number of halogens is 3. The Morgan fingerprint density at radius 1 is 1.07 bits per heavy atom. The van der Waals surface area contributed by atoms with Crippen LogP contribution in [-0.4, -0.2) is 43.8 Å². The van der Waals surface area contributed by atoms with Gasteiger partial charge in [0.15, 0.2) is 0 Å². The quantitative estimate of drug-likeness (QED) is 0.862. The molecule has 0 aromatic heterocycles. The molecule has 2 aliphatic heterocycles. The summed E-state index contributed by atoms with van der Waals surface area (Å²) >= 11 is 0. The third kappa shape index (κ3) is 4.16. The molecule has 0 saturated carbocycles. The third-order valence-corrected chi connectivity index (χ3v) is 5.26. The van der Waals surface area contributed by atoms with E-state index in [0.717, 1.165) is 49.6 Å². The normalized spacial score (nSPS) is 23.1. The van der Waals surface area contributed by atoms with Crippen LogP contribution in [0.3, 0.4) is 0 Å². The van der Waals surface area contributed by atoms with Crippen molar-refractivity contribution >= 4 is 0 Å². The molecular formula is C21H23F3N2O2. The van der Waals surface area contributed by atoms with Crippen molar-refractivity contribution in [1.82, 2.24) is 10.2 Å². The Hall–Kier alpha value is -2.09. The molecule has 2 aliphatic rings. The summed E-state index contributed by atoms with van der Waals surface area (Å²) in [5.41, 5.74) is 0.926. The van der Waals surface area contributed by atoms with Crippen LogP contribution in [0.25, 0.3) is 0 Å². The van der Waals surface area contributed by atoms with Crippen molar-refractivity contribution in [2.24, 2.45) is 0 Å². The second kappa shape index (κ2) is 8.11. The highest BCUT2D eigenvalue weighted by atomic mass is 19.4. The predicted molar refractivity (Wildman–Crippen MR) is 99.1 cm³/mol. The molecule has 4 rings (SSSR count). The van der Waals surface area contributed by atoms with E-state index in [4.69, 9.17) is 9.47 Å². The fraction of sp³-hybridized carbons (Fsp3) is 0.429. The molecular weight excluding hydrogens is 369 g/mol. The number of benzene rings is 2. The molecule has 4 nitrogen and oxygen atoms in total. The van der Waals surface area contributed by atoms with Crippen LogP contribution in [-0.2, 0) is 17.5 Å². The monoisotopic (exact) mass is 392 g/mol. The van der Waals surface area contributed by atoms with Gasteiger partial charge >= 0.3 is 6.18 Å². The topological polar surface area (TPSA) is 33.7 Å². The minimum atomic E-state index is -4.35. The number of para-hydroxylation sites is 1. The summed E-state index contributed by atoms with van der Waals surface area (Å²) in [6, 6.07) is 13.2. The molecule has 0 radical (unpaired) electrons. The van der Waals surface area contributed by atoms with Crippen molar-refractivity contribution in [3.8, 4) is 5.75 Å². The van der Waals surface area contributed by atoms with E-state index in [9.17, 15) is 13.2 Å². The molecule has 2 heterocycles. The summed E-state index contributed by atoms with van der Waals surface area (Å²) in [5, 5.41) is 3.35. The van der Waals surface area contributed by atoms with Crippen LogP contribution >= 0.6 is 0 Å². The van der Waals surface area contributed by atoms with Crippen LogP contribution in [0.15, 0.2) is 48.5 Å². The van der Waals surface area contributed by atoms with Crippen LogP contribution in [0.5, 0.6) is 5.75 Å². The van der Waals surface area contributed by atoms with Gasteiger partial charge in [0, 0.05) is 31.7 Å². The van der Waals surface area contributed by atoms with E-state index in [1.807, 2.05) is 24.3 Å². The maximum atomic E-state index is 13.0. The van der Waals surface area contributed by atoms with Crippen molar-refractivity contribution in [3.63, 3.8) is 0 Å². The number of piperazine rings is 1. The Balaban J connectivity index is 1.53. The van der Waals surface area contributed by atoms with Crippen LogP contribution < -0.4 is 10.1 Å². The fourth-order valence-corrected chi connectivity index (χ4v) is 3.89. The molecule has 2 unspecified atom stereocenters. The molecule has 28 heavy (non-hydrogen) atoms. The largest absolute Gasteiger partial charge is 0.490 e. The van der Waals surface area contributed by atoms with Gasteiger partial charge < -0.3 is 14.8 Å². The Bertz CT molecular complexity index is 806. The van der Waals surface area contributed by atoms with Crippen molar-refractivity contribution in [3.05, 3.63) is 65.2 Å². The maximum absolute atomic E-state index is 13.0. The van der Waals surface area contributed by atoms with E-state index in [2.05, 4.69) is 10.2 Å². The first-order valence-electron chi connectivity index (χ1n) is 9.46. The van der Waals surface area contributed by atoms with Crippen molar-refractivity contribution in [1.29, 1.82) is 0 Å². The first-order chi connectivity index (χ1) is 13.5. The zero-order valence-corrected chi connectivity index (χ0v) is 15.4. The lowest BCUT2D eigenvalue weighted by Gasteiger charge is -2.42. The molecule has 7 heteroatoms. The van der Waals surface area contributed by atoms with Gasteiger partial charge in [0.05, 0.1) is 18.2 Å². The Morgan fingerprint density at radius 3 is 2.64 bits per heavy atom. The van der Waals surface area contributed by atoms with E-state index in [0.29, 0.717) is 12.2 Å². The lowest BCUT2D eigenvalue weighted by atomic mass is 9.95. The summed E-state index contributed by atoms with van der Waals surface area (Å²) in [6.45, 7) is 4.08. The molecule has 0 bridgehead atoms. The molecule has 1 saturated heterocycles. The minimum absolute atomic E-state index is 0.0258. The summed E-state index contributed by atoms with van der Waals surface area (Å²) in [6.07, 6.45) is -4.60. The number of alkyl halides is 3. The Morgan fingerprint density at radius 2 is 1.86 bits per heavy atom. The van der Waals surface area contributed by atoms with Crippen molar-refractivity contribution in [2.75, 3.05) is 32.8 Å². The van der Waals surface area contributed by atoms with E-state index < -0.39 is 11.7 Å². The highest BCUT2D eigenvalue weighted by Crippen LogP contribution is 2.38. The zero-order valence-electron chi connectivity index (χ0n) is 15.4. The summed E-state index contributed by atoms with van der Waals surface area (Å²) < 4.78 is 50.9. The molecule has 0 aliphatic carbocycles. The number of rotatable bonds is 4. The van der Waals surface area contributed by atoms with Crippen LogP contribution in [0.4, 0.5) is 13.2 Å². The van der Waals surface area contributed by atoms with Crippen molar-refractivity contribution in [2.45, 2.75) is 24.9 Å². The first kappa shape index (κ1) is 19.2. The standard InChI is InChI=1S/C21H23F3N2O2/c22-21(23,24)16-5-3-4-15(12-16)13-27-19-14-28-18-7-2-1-6-17(18)20(19)26-10-8-25-9-11-26/h1-7,12,19-20,25H,8-11,13-14H2. The van der Waals surface area contributed by atoms with Gasteiger partial charge in [0.1, 0.15) is 18.5 Å². The lowest BCUT2D eigenvalue weighted by Crippen LogP contribution is -2.51. The van der Waals surface area contributed by atoms with Gasteiger partial charge in [-0.1, -0.05) is 30.3 Å².